The molecule has 0 atom stereocenters. The number of rotatable bonds is 4. The van der Waals surface area contributed by atoms with Crippen LogP contribution in [0.15, 0.2) is 35.6 Å². The van der Waals surface area contributed by atoms with E-state index in [1.165, 1.54) is 25.7 Å². The fraction of sp³-hybridized carbons (Fsp3) is 0.375. The van der Waals surface area contributed by atoms with Crippen LogP contribution in [0.3, 0.4) is 0 Å². The number of pyridine rings is 1. The average Bonchev–Trinajstić information content (AvgIpc) is 3.09. The van der Waals surface area contributed by atoms with Gasteiger partial charge in [-0.3, -0.25) is 4.98 Å². The number of halogens is 1. The molecule has 1 aliphatic rings. The van der Waals surface area contributed by atoms with E-state index in [9.17, 15) is 0 Å². The highest BCUT2D eigenvalue weighted by molar-refractivity contribution is 9.10. The van der Waals surface area contributed by atoms with Crippen molar-refractivity contribution in [1.29, 1.82) is 0 Å². The number of nitrogens with zero attached hydrogens (tertiary/aromatic N) is 3. The van der Waals surface area contributed by atoms with Crippen molar-refractivity contribution in [2.24, 2.45) is 0 Å². The van der Waals surface area contributed by atoms with Crippen LogP contribution in [0.2, 0.25) is 0 Å². The Hall–Kier alpha value is -1.62. The van der Waals surface area contributed by atoms with Crippen molar-refractivity contribution in [1.82, 2.24) is 14.5 Å². The predicted octanol–water partition coefficient (Wildman–Crippen LogP) is 4.13. The minimum Gasteiger partial charge on any atom is -0.383 e. The van der Waals surface area contributed by atoms with Gasteiger partial charge in [0, 0.05) is 34.9 Å². The quantitative estimate of drug-likeness (QED) is 0.846. The summed E-state index contributed by atoms with van der Waals surface area (Å²) < 4.78 is 3.03. The van der Waals surface area contributed by atoms with E-state index in [1.807, 2.05) is 12.1 Å². The van der Waals surface area contributed by atoms with Crippen LogP contribution < -0.4 is 5.73 Å². The summed E-state index contributed by atoms with van der Waals surface area (Å²) >= 11 is 3.45. The van der Waals surface area contributed by atoms with Gasteiger partial charge in [0.25, 0.3) is 0 Å². The number of hydrogen-bond acceptors (Lipinski definition) is 3. The molecule has 1 saturated carbocycles. The average molecular weight is 347 g/mol. The maximum Gasteiger partial charge on any atom is 0.132 e. The van der Waals surface area contributed by atoms with Gasteiger partial charge >= 0.3 is 0 Å². The van der Waals surface area contributed by atoms with Crippen molar-refractivity contribution in [2.75, 3.05) is 5.73 Å². The molecule has 1 fully saturated rings. The number of anilines is 1. The molecule has 2 aromatic rings. The lowest BCUT2D eigenvalue weighted by atomic mass is 10.1. The Balaban J connectivity index is 2.09. The number of imidazole rings is 1. The van der Waals surface area contributed by atoms with Crippen LogP contribution in [-0.2, 0) is 6.54 Å². The van der Waals surface area contributed by atoms with Gasteiger partial charge in [-0.2, -0.15) is 0 Å². The first-order valence-electron chi connectivity index (χ1n) is 7.28. The van der Waals surface area contributed by atoms with Crippen LogP contribution in [0.1, 0.15) is 37.4 Å². The van der Waals surface area contributed by atoms with Gasteiger partial charge in [0.15, 0.2) is 0 Å². The van der Waals surface area contributed by atoms with E-state index >= 15 is 0 Å². The molecule has 0 radical (unpaired) electrons. The zero-order valence-electron chi connectivity index (χ0n) is 11.9. The molecular weight excluding hydrogens is 328 g/mol. The summed E-state index contributed by atoms with van der Waals surface area (Å²) in [6, 6.07) is 2.00. The van der Waals surface area contributed by atoms with E-state index in [0.717, 1.165) is 21.6 Å². The lowest BCUT2D eigenvalue weighted by Crippen LogP contribution is -2.08. The lowest BCUT2D eigenvalue weighted by Gasteiger charge is -2.11. The highest BCUT2D eigenvalue weighted by Gasteiger charge is 2.25. The second-order valence-electron chi connectivity index (χ2n) is 5.48. The number of hydrogen-bond donors (Lipinski definition) is 1. The third-order valence-corrected chi connectivity index (χ3v) is 4.48. The Morgan fingerprint density at radius 2 is 2.14 bits per heavy atom. The van der Waals surface area contributed by atoms with Crippen LogP contribution in [0.5, 0.6) is 0 Å². The van der Waals surface area contributed by atoms with Crippen molar-refractivity contribution in [3.05, 3.63) is 41.4 Å². The summed E-state index contributed by atoms with van der Waals surface area (Å²) in [7, 11) is 0. The van der Waals surface area contributed by atoms with Gasteiger partial charge in [-0.1, -0.05) is 18.9 Å². The second kappa shape index (κ2) is 6.02. The Labute approximate surface area is 133 Å². The standard InChI is InChI=1S/C16H19BrN4/c1-2-7-21-15(18)14(12-8-13(17)10-19-9-12)20-16(21)11-5-3-4-6-11/h2,8-11H,1,3-7,18H2. The second-order valence-corrected chi connectivity index (χ2v) is 6.39. The van der Waals surface area contributed by atoms with Crippen molar-refractivity contribution >= 4 is 21.7 Å². The molecule has 2 N–H and O–H groups in total. The summed E-state index contributed by atoms with van der Waals surface area (Å²) in [5.74, 6) is 2.32. The number of aromatic nitrogens is 3. The van der Waals surface area contributed by atoms with Gasteiger partial charge in [-0.15, -0.1) is 6.58 Å². The lowest BCUT2D eigenvalue weighted by molar-refractivity contribution is 0.618. The molecule has 0 spiro atoms. The van der Waals surface area contributed by atoms with Gasteiger partial charge in [-0.05, 0) is 34.8 Å². The topological polar surface area (TPSA) is 56.7 Å². The van der Waals surface area contributed by atoms with E-state index < -0.39 is 0 Å². The van der Waals surface area contributed by atoms with Gasteiger partial charge in [0.1, 0.15) is 17.3 Å². The molecule has 2 heterocycles. The highest BCUT2D eigenvalue weighted by atomic mass is 79.9. The minimum atomic E-state index is 0.515. The highest BCUT2D eigenvalue weighted by Crippen LogP contribution is 2.37. The van der Waals surface area contributed by atoms with Gasteiger partial charge in [0.2, 0.25) is 0 Å². The van der Waals surface area contributed by atoms with Crippen molar-refractivity contribution in [2.45, 2.75) is 38.1 Å². The molecule has 0 unspecified atom stereocenters. The van der Waals surface area contributed by atoms with Crippen LogP contribution >= 0.6 is 15.9 Å². The Kier molecular flexibility index (Phi) is 4.10. The van der Waals surface area contributed by atoms with E-state index in [1.54, 1.807) is 12.4 Å². The summed E-state index contributed by atoms with van der Waals surface area (Å²) in [6.07, 6.45) is 10.4. The Morgan fingerprint density at radius 1 is 1.38 bits per heavy atom. The molecule has 0 aliphatic heterocycles. The van der Waals surface area contributed by atoms with Gasteiger partial charge < -0.3 is 10.3 Å². The van der Waals surface area contributed by atoms with E-state index in [0.29, 0.717) is 18.3 Å². The largest absolute Gasteiger partial charge is 0.383 e. The Morgan fingerprint density at radius 3 is 2.81 bits per heavy atom. The SMILES string of the molecule is C=CCn1c(C2CCCC2)nc(-c2cncc(Br)c2)c1N. The fourth-order valence-corrected chi connectivity index (χ4v) is 3.42. The molecule has 110 valence electrons. The van der Waals surface area contributed by atoms with Crippen LogP contribution in [0.25, 0.3) is 11.3 Å². The molecule has 0 aromatic carbocycles. The summed E-state index contributed by atoms with van der Waals surface area (Å²) in [5.41, 5.74) is 8.12. The molecule has 0 saturated heterocycles. The van der Waals surface area contributed by atoms with Crippen molar-refractivity contribution in [3.63, 3.8) is 0 Å². The van der Waals surface area contributed by atoms with E-state index in [4.69, 9.17) is 10.7 Å². The van der Waals surface area contributed by atoms with Gasteiger partial charge in [0.05, 0.1) is 0 Å². The zero-order chi connectivity index (χ0) is 14.8. The smallest absolute Gasteiger partial charge is 0.132 e. The summed E-state index contributed by atoms with van der Waals surface area (Å²) in [6.45, 7) is 4.54. The third-order valence-electron chi connectivity index (χ3n) is 4.05. The van der Waals surface area contributed by atoms with E-state index in [-0.39, 0.29) is 0 Å². The fourth-order valence-electron chi connectivity index (χ4n) is 3.05. The maximum absolute atomic E-state index is 6.35. The number of nitrogen functional groups attached to an aromatic ring is 1. The summed E-state index contributed by atoms with van der Waals surface area (Å²) in [4.78, 5) is 9.06. The van der Waals surface area contributed by atoms with Crippen molar-refractivity contribution in [3.8, 4) is 11.3 Å². The van der Waals surface area contributed by atoms with Crippen LogP contribution in [-0.4, -0.2) is 14.5 Å². The normalized spacial score (nSPS) is 15.5. The third kappa shape index (κ3) is 2.75. The predicted molar refractivity (Wildman–Crippen MR) is 89.0 cm³/mol. The molecule has 1 aliphatic carbocycles. The molecule has 0 bridgehead atoms. The first-order chi connectivity index (χ1) is 10.2. The molecule has 3 rings (SSSR count). The molecule has 2 aromatic heterocycles. The van der Waals surface area contributed by atoms with Crippen LogP contribution in [0, 0.1) is 0 Å². The minimum absolute atomic E-state index is 0.515. The van der Waals surface area contributed by atoms with Crippen LogP contribution in [0.4, 0.5) is 5.82 Å². The van der Waals surface area contributed by atoms with E-state index in [2.05, 4.69) is 32.1 Å². The molecule has 21 heavy (non-hydrogen) atoms. The molecule has 4 nitrogen and oxygen atoms in total. The van der Waals surface area contributed by atoms with Gasteiger partial charge in [-0.25, -0.2) is 4.98 Å². The zero-order valence-corrected chi connectivity index (χ0v) is 13.5. The maximum atomic E-state index is 6.35. The molecular formula is C16H19BrN4. The Bertz CT molecular complexity index is 656. The first-order valence-corrected chi connectivity index (χ1v) is 8.07. The number of nitrogens with two attached hydrogens (primary N) is 1. The summed E-state index contributed by atoms with van der Waals surface area (Å²) in [5, 5.41) is 0. The van der Waals surface area contributed by atoms with Crippen molar-refractivity contribution < 1.29 is 0 Å². The number of allylic oxidation sites excluding steroid dienone is 1. The molecule has 0 amide bonds. The monoisotopic (exact) mass is 346 g/mol. The molecule has 5 heteroatoms. The first kappa shape index (κ1) is 14.3.